The van der Waals surface area contributed by atoms with Gasteiger partial charge in [-0.3, -0.25) is 19.4 Å². The fraction of sp³-hybridized carbons (Fsp3) is 0.250. The van der Waals surface area contributed by atoms with Gasteiger partial charge in [0.2, 0.25) is 0 Å². The number of hydrogen-bond donors (Lipinski definition) is 1. The van der Waals surface area contributed by atoms with Crippen LogP contribution in [-0.2, 0) is 9.59 Å². The number of aliphatic imine (C=N–C) groups is 1. The van der Waals surface area contributed by atoms with Crippen molar-refractivity contribution in [3.8, 4) is 0 Å². The molecule has 1 fully saturated rings. The molecule has 1 unspecified atom stereocenters. The number of likely N-dealkylation sites (N-methyl/N-ethyl adjacent to an activating group) is 2. The minimum absolute atomic E-state index is 0.114. The molecule has 134 valence electrons. The summed E-state index contributed by atoms with van der Waals surface area (Å²) >= 11 is 3.34. The zero-order chi connectivity index (χ0) is 18.8. The van der Waals surface area contributed by atoms with Gasteiger partial charge in [0.15, 0.2) is 6.54 Å². The van der Waals surface area contributed by atoms with Crippen LogP contribution in [0.1, 0.15) is 5.56 Å². The number of imide groups is 1. The summed E-state index contributed by atoms with van der Waals surface area (Å²) in [5.41, 5.74) is 3.24. The second-order valence-corrected chi connectivity index (χ2v) is 6.68. The van der Waals surface area contributed by atoms with Crippen molar-refractivity contribution in [2.24, 2.45) is 10.1 Å². The highest BCUT2D eigenvalue weighted by Gasteiger charge is 2.50. The van der Waals surface area contributed by atoms with Crippen molar-refractivity contribution < 1.29 is 19.0 Å². The monoisotopic (exact) mass is 419 g/mol. The Morgan fingerprint density at radius 1 is 1.31 bits per heavy atom. The van der Waals surface area contributed by atoms with E-state index in [1.54, 1.807) is 0 Å². The zero-order valence-electron chi connectivity index (χ0n) is 14.1. The Labute approximate surface area is 157 Å². The molecule has 1 saturated heterocycles. The lowest BCUT2D eigenvalue weighted by Gasteiger charge is -2.30. The molecule has 1 aromatic carbocycles. The van der Waals surface area contributed by atoms with Crippen LogP contribution in [0.5, 0.6) is 0 Å². The lowest BCUT2D eigenvalue weighted by molar-refractivity contribution is -0.519. The highest BCUT2D eigenvalue weighted by molar-refractivity contribution is 9.10. The molecule has 3 rings (SSSR count). The number of amidine groups is 1. The molecule has 2 aliphatic rings. The third-order valence-electron chi connectivity index (χ3n) is 4.00. The summed E-state index contributed by atoms with van der Waals surface area (Å²) in [6.07, 6.45) is 2.91. The number of urea groups is 1. The van der Waals surface area contributed by atoms with E-state index in [0.29, 0.717) is 5.84 Å². The maximum absolute atomic E-state index is 12.4. The predicted molar refractivity (Wildman–Crippen MR) is 98.2 cm³/mol. The number of rotatable bonds is 4. The van der Waals surface area contributed by atoms with Gasteiger partial charge < -0.3 is 0 Å². The Morgan fingerprint density at radius 2 is 2.00 bits per heavy atom. The van der Waals surface area contributed by atoms with Crippen LogP contribution < -0.4 is 5.43 Å². The van der Waals surface area contributed by atoms with Gasteiger partial charge in [0.05, 0.1) is 6.21 Å². The summed E-state index contributed by atoms with van der Waals surface area (Å²) in [5, 5.41) is 3.90. The van der Waals surface area contributed by atoms with Gasteiger partial charge in [0.1, 0.15) is 0 Å². The lowest BCUT2D eigenvalue weighted by Crippen LogP contribution is -2.61. The van der Waals surface area contributed by atoms with E-state index in [2.05, 4.69) is 31.4 Å². The number of fused-ring (bicyclic) bond motifs is 1. The third kappa shape index (κ3) is 3.40. The SMILES string of the molecule is CN1C(=O)C2C(=NC=[N+]2CC(=O)N/N=C/c2ccc(Br)cc2)N(C)C1=O. The largest absolute Gasteiger partial charge is 0.333 e. The molecule has 0 aromatic heterocycles. The Bertz CT molecular complexity index is 861. The first-order valence-electron chi connectivity index (χ1n) is 7.68. The Hall–Kier alpha value is -2.88. The minimum atomic E-state index is -0.788. The third-order valence-corrected chi connectivity index (χ3v) is 4.52. The average molecular weight is 420 g/mol. The van der Waals surface area contributed by atoms with Crippen LogP contribution in [0.3, 0.4) is 0 Å². The Balaban J connectivity index is 1.61. The van der Waals surface area contributed by atoms with Gasteiger partial charge in [-0.15, -0.1) is 0 Å². The molecule has 0 spiro atoms. The standard InChI is InChI=1S/C16H15BrN6O3/c1-21-14-13(15(25)22(2)16(21)26)23(9-18-14)8-12(24)20-19-7-10-3-5-11(17)6-4-10/h3-7,9,13H,8H2,1-2H3/p+1/b19-7+. The molecule has 0 aliphatic carbocycles. The van der Waals surface area contributed by atoms with Crippen molar-refractivity contribution in [1.82, 2.24) is 15.2 Å². The molecule has 10 heteroatoms. The number of amides is 4. The van der Waals surface area contributed by atoms with Crippen LogP contribution in [0.4, 0.5) is 4.79 Å². The van der Waals surface area contributed by atoms with Crippen LogP contribution in [0.2, 0.25) is 0 Å². The Kier molecular flexibility index (Phi) is 4.94. The summed E-state index contributed by atoms with van der Waals surface area (Å²) in [6.45, 7) is -0.114. The molecule has 0 saturated carbocycles. The van der Waals surface area contributed by atoms with Crippen molar-refractivity contribution in [2.75, 3.05) is 20.6 Å². The van der Waals surface area contributed by atoms with E-state index < -0.39 is 23.9 Å². The average Bonchev–Trinajstić information content (AvgIpc) is 3.03. The minimum Gasteiger partial charge on any atom is -0.269 e. The number of carbonyl (C=O) groups excluding carboxylic acids is 3. The van der Waals surface area contributed by atoms with Crippen LogP contribution in [0.25, 0.3) is 0 Å². The molecule has 0 bridgehead atoms. The van der Waals surface area contributed by atoms with E-state index in [0.717, 1.165) is 14.9 Å². The van der Waals surface area contributed by atoms with Crippen LogP contribution >= 0.6 is 15.9 Å². The number of carbonyl (C=O) groups is 3. The van der Waals surface area contributed by atoms with Crippen molar-refractivity contribution in [3.63, 3.8) is 0 Å². The van der Waals surface area contributed by atoms with Crippen molar-refractivity contribution in [2.45, 2.75) is 6.04 Å². The molecule has 0 radical (unpaired) electrons. The molecule has 1 atom stereocenters. The molecule has 4 amide bonds. The number of hydrogen-bond acceptors (Lipinski definition) is 5. The van der Waals surface area contributed by atoms with Gasteiger partial charge >= 0.3 is 6.03 Å². The quantitative estimate of drug-likeness (QED) is 0.430. The van der Waals surface area contributed by atoms with Crippen LogP contribution in [0.15, 0.2) is 38.8 Å². The molecule has 2 heterocycles. The van der Waals surface area contributed by atoms with Gasteiger partial charge in [0, 0.05) is 18.6 Å². The van der Waals surface area contributed by atoms with Crippen molar-refractivity contribution in [3.05, 3.63) is 34.3 Å². The number of halogens is 1. The fourth-order valence-corrected chi connectivity index (χ4v) is 2.87. The molecule has 1 N–H and O–H groups in total. The fourth-order valence-electron chi connectivity index (χ4n) is 2.60. The van der Waals surface area contributed by atoms with Gasteiger partial charge in [-0.05, 0) is 22.7 Å². The van der Waals surface area contributed by atoms with Gasteiger partial charge in [-0.2, -0.15) is 5.10 Å². The van der Waals surface area contributed by atoms with E-state index in [-0.39, 0.29) is 6.54 Å². The normalized spacial score (nSPS) is 19.6. The van der Waals surface area contributed by atoms with Crippen molar-refractivity contribution >= 4 is 52.2 Å². The predicted octanol–water partition coefficient (Wildman–Crippen LogP) is 0.245. The van der Waals surface area contributed by atoms with E-state index in [4.69, 9.17) is 0 Å². The van der Waals surface area contributed by atoms with Gasteiger partial charge in [0.25, 0.3) is 30.0 Å². The second kappa shape index (κ2) is 7.16. The van der Waals surface area contributed by atoms with E-state index in [1.165, 1.54) is 36.1 Å². The first-order chi connectivity index (χ1) is 12.4. The Morgan fingerprint density at radius 3 is 2.69 bits per heavy atom. The highest BCUT2D eigenvalue weighted by Crippen LogP contribution is 2.16. The van der Waals surface area contributed by atoms with Gasteiger partial charge in [-0.1, -0.05) is 28.1 Å². The van der Waals surface area contributed by atoms with E-state index in [9.17, 15) is 14.4 Å². The van der Waals surface area contributed by atoms with Crippen LogP contribution in [-0.4, -0.2) is 77.3 Å². The second-order valence-electron chi connectivity index (χ2n) is 5.76. The van der Waals surface area contributed by atoms with Crippen LogP contribution in [0, 0.1) is 0 Å². The molecular weight excluding hydrogens is 404 g/mol. The number of hydrazone groups is 1. The summed E-state index contributed by atoms with van der Waals surface area (Å²) < 4.78 is 2.42. The smallest absolute Gasteiger partial charge is 0.269 e. The maximum Gasteiger partial charge on any atom is 0.333 e. The molecule has 1 aromatic rings. The van der Waals surface area contributed by atoms with E-state index >= 15 is 0 Å². The first kappa shape index (κ1) is 17.9. The van der Waals surface area contributed by atoms with Gasteiger partial charge in [-0.25, -0.2) is 14.8 Å². The highest BCUT2D eigenvalue weighted by atomic mass is 79.9. The summed E-state index contributed by atoms with van der Waals surface area (Å²) in [5.74, 6) is -0.517. The molecular formula is C16H16BrN6O3+. The molecule has 26 heavy (non-hydrogen) atoms. The van der Waals surface area contributed by atoms with E-state index in [1.807, 2.05) is 24.3 Å². The topological polar surface area (TPSA) is 97.4 Å². The summed E-state index contributed by atoms with van der Waals surface area (Å²) in [4.78, 5) is 42.8. The summed E-state index contributed by atoms with van der Waals surface area (Å²) in [6, 6.07) is 6.18. The zero-order valence-corrected chi connectivity index (χ0v) is 15.7. The van der Waals surface area contributed by atoms with Crippen molar-refractivity contribution in [1.29, 1.82) is 0 Å². The first-order valence-corrected chi connectivity index (χ1v) is 8.47. The molecule has 9 nitrogen and oxygen atoms in total. The maximum atomic E-state index is 12.4. The summed E-state index contributed by atoms with van der Waals surface area (Å²) in [7, 11) is 2.94. The lowest BCUT2D eigenvalue weighted by atomic mass is 10.1. The molecule has 2 aliphatic heterocycles. The number of nitrogens with zero attached hydrogens (tertiary/aromatic N) is 5. The number of benzene rings is 1. The number of nitrogens with one attached hydrogen (secondary N) is 1.